The zero-order chi connectivity index (χ0) is 26.0. The molecule has 1 aromatic heterocycles. The Hall–Kier alpha value is -3.80. The lowest BCUT2D eigenvalue weighted by Gasteiger charge is -2.15. The number of aromatic nitrogens is 1. The second kappa shape index (κ2) is 10.2. The number of ketones is 1. The van der Waals surface area contributed by atoms with Crippen LogP contribution in [0.25, 0.3) is 22.2 Å². The summed E-state index contributed by atoms with van der Waals surface area (Å²) in [4.78, 5) is 13.1. The molecule has 3 rings (SSSR count). The van der Waals surface area contributed by atoms with Gasteiger partial charge in [-0.3, -0.25) is 4.79 Å². The quantitative estimate of drug-likeness (QED) is 0.217. The molecule has 182 valence electrons. The number of carbonyl (C=O) groups is 1. The Bertz CT molecular complexity index is 1440. The summed E-state index contributed by atoms with van der Waals surface area (Å²) in [7, 11) is 0. The van der Waals surface area contributed by atoms with Crippen LogP contribution in [-0.4, -0.2) is 16.1 Å². The number of hydrogen-bond donors (Lipinski definition) is 2. The van der Waals surface area contributed by atoms with Crippen LogP contribution in [0.3, 0.4) is 0 Å². The Labute approximate surface area is 205 Å². The van der Waals surface area contributed by atoms with Crippen molar-refractivity contribution in [3.8, 4) is 0 Å². The number of benzene rings is 2. The number of fused-ring (bicyclic) bond motifs is 1. The first-order valence-electron chi connectivity index (χ1n) is 11.5. The Morgan fingerprint density at radius 3 is 2.37 bits per heavy atom. The van der Waals surface area contributed by atoms with E-state index in [-0.39, 0.29) is 23.6 Å². The first kappa shape index (κ1) is 25.8. The van der Waals surface area contributed by atoms with Crippen LogP contribution in [0.5, 0.6) is 0 Å². The van der Waals surface area contributed by atoms with Crippen LogP contribution in [0, 0.1) is 30.9 Å². The summed E-state index contributed by atoms with van der Waals surface area (Å²) in [6.07, 6.45) is 7.29. The van der Waals surface area contributed by atoms with E-state index < -0.39 is 11.6 Å². The molecule has 0 aliphatic rings. The van der Waals surface area contributed by atoms with E-state index in [4.69, 9.17) is 11.1 Å². The van der Waals surface area contributed by atoms with E-state index in [2.05, 4.69) is 0 Å². The van der Waals surface area contributed by atoms with Crippen LogP contribution in [-0.2, 0) is 6.54 Å². The SMILES string of the molecule is C/C=C\C=C(/C(C)=N)c1c(C(C)=O)n(Cc2cc(F)ccc2F)c2cc(C)c(/C(N)=C\C)c(C)c12. The molecule has 4 nitrogen and oxygen atoms in total. The first-order valence-corrected chi connectivity index (χ1v) is 11.5. The molecule has 3 aromatic rings. The molecular formula is C29H31F2N3O. The molecule has 0 unspecified atom stereocenters. The van der Waals surface area contributed by atoms with Gasteiger partial charge in [0.05, 0.1) is 17.8 Å². The summed E-state index contributed by atoms with van der Waals surface area (Å²) in [5.41, 5.74) is 12.2. The van der Waals surface area contributed by atoms with Gasteiger partial charge in [0.1, 0.15) is 11.6 Å². The van der Waals surface area contributed by atoms with Gasteiger partial charge in [-0.05, 0) is 70.0 Å². The average molecular weight is 476 g/mol. The van der Waals surface area contributed by atoms with Crippen molar-refractivity contribution in [2.75, 3.05) is 0 Å². The highest BCUT2D eigenvalue weighted by molar-refractivity contribution is 6.27. The van der Waals surface area contributed by atoms with Gasteiger partial charge in [0.15, 0.2) is 5.78 Å². The van der Waals surface area contributed by atoms with Gasteiger partial charge in [-0.15, -0.1) is 0 Å². The summed E-state index contributed by atoms with van der Waals surface area (Å²) in [6, 6.07) is 5.23. The van der Waals surface area contributed by atoms with Crippen LogP contribution in [0.15, 0.2) is 48.6 Å². The minimum absolute atomic E-state index is 0.0414. The van der Waals surface area contributed by atoms with Crippen molar-refractivity contribution in [1.82, 2.24) is 4.57 Å². The Kier molecular flexibility index (Phi) is 7.54. The smallest absolute Gasteiger partial charge is 0.176 e. The highest BCUT2D eigenvalue weighted by Crippen LogP contribution is 2.39. The van der Waals surface area contributed by atoms with Crippen molar-refractivity contribution in [2.45, 2.75) is 48.1 Å². The van der Waals surface area contributed by atoms with E-state index in [0.717, 1.165) is 40.3 Å². The van der Waals surface area contributed by atoms with Crippen LogP contribution in [0.2, 0.25) is 0 Å². The van der Waals surface area contributed by atoms with Crippen molar-refractivity contribution in [3.05, 3.63) is 93.7 Å². The predicted molar refractivity (Wildman–Crippen MR) is 141 cm³/mol. The fourth-order valence-corrected chi connectivity index (χ4v) is 4.67. The van der Waals surface area contributed by atoms with Crippen molar-refractivity contribution < 1.29 is 13.6 Å². The van der Waals surface area contributed by atoms with Crippen molar-refractivity contribution in [2.24, 2.45) is 5.73 Å². The largest absolute Gasteiger partial charge is 0.398 e. The second-order valence-electron chi connectivity index (χ2n) is 8.66. The minimum Gasteiger partial charge on any atom is -0.398 e. The van der Waals surface area contributed by atoms with Gasteiger partial charge in [0.2, 0.25) is 0 Å². The Morgan fingerprint density at radius 2 is 1.80 bits per heavy atom. The van der Waals surface area contributed by atoms with E-state index in [1.54, 1.807) is 17.6 Å². The second-order valence-corrected chi connectivity index (χ2v) is 8.66. The minimum atomic E-state index is -0.555. The molecule has 2 aromatic carbocycles. The van der Waals surface area contributed by atoms with Crippen LogP contribution in [0.4, 0.5) is 8.78 Å². The molecule has 0 saturated heterocycles. The Balaban J connectivity index is 2.59. The lowest BCUT2D eigenvalue weighted by molar-refractivity contribution is 0.100. The summed E-state index contributed by atoms with van der Waals surface area (Å²) in [6.45, 7) is 10.7. The molecule has 6 heteroatoms. The molecule has 0 saturated carbocycles. The lowest BCUT2D eigenvalue weighted by atomic mass is 9.90. The van der Waals surface area contributed by atoms with E-state index in [1.165, 1.54) is 6.92 Å². The molecule has 35 heavy (non-hydrogen) atoms. The summed E-state index contributed by atoms with van der Waals surface area (Å²) < 4.78 is 30.4. The van der Waals surface area contributed by atoms with Crippen LogP contribution < -0.4 is 5.73 Å². The fourth-order valence-electron chi connectivity index (χ4n) is 4.67. The molecule has 0 spiro atoms. The maximum absolute atomic E-state index is 14.7. The van der Waals surface area contributed by atoms with E-state index >= 15 is 0 Å². The highest BCUT2D eigenvalue weighted by atomic mass is 19.1. The van der Waals surface area contributed by atoms with Gasteiger partial charge in [-0.2, -0.15) is 0 Å². The molecule has 0 fully saturated rings. The molecule has 0 radical (unpaired) electrons. The summed E-state index contributed by atoms with van der Waals surface area (Å²) >= 11 is 0. The topological polar surface area (TPSA) is 71.9 Å². The molecule has 3 N–H and O–H groups in total. The lowest BCUT2D eigenvalue weighted by Crippen LogP contribution is -2.12. The number of nitrogens with zero attached hydrogens (tertiary/aromatic N) is 1. The number of nitrogens with one attached hydrogen (secondary N) is 1. The number of rotatable bonds is 7. The Morgan fingerprint density at radius 1 is 1.11 bits per heavy atom. The van der Waals surface area contributed by atoms with Gasteiger partial charge in [-0.25, -0.2) is 8.78 Å². The molecular weight excluding hydrogens is 444 g/mol. The first-order chi connectivity index (χ1) is 16.5. The normalized spacial score (nSPS) is 12.7. The van der Waals surface area contributed by atoms with Gasteiger partial charge in [0.25, 0.3) is 0 Å². The standard InChI is InChI=1S/C29H31F2N3O/c1-7-9-10-22(18(5)32)28-27-17(4)26(24(33)8-2)16(3)13-25(27)34(29(28)19(6)35)15-20-14-21(30)11-12-23(20)31/h7-14,32H,15,33H2,1-6H3/b9-7-,22-10+,24-8+,32-18?. The third-order valence-corrected chi connectivity index (χ3v) is 6.20. The van der Waals surface area contributed by atoms with E-state index in [0.29, 0.717) is 28.0 Å². The van der Waals surface area contributed by atoms with Crippen molar-refractivity contribution >= 4 is 33.7 Å². The number of halogens is 2. The third-order valence-electron chi connectivity index (χ3n) is 6.20. The van der Waals surface area contributed by atoms with Crippen molar-refractivity contribution in [3.63, 3.8) is 0 Å². The zero-order valence-electron chi connectivity index (χ0n) is 21.0. The van der Waals surface area contributed by atoms with Gasteiger partial charge in [-0.1, -0.05) is 24.3 Å². The maximum atomic E-state index is 14.7. The van der Waals surface area contributed by atoms with E-state index in [1.807, 2.05) is 52.0 Å². The number of carbonyl (C=O) groups excluding carboxylic acids is 1. The monoisotopic (exact) mass is 475 g/mol. The molecule has 0 aliphatic carbocycles. The average Bonchev–Trinajstić information content (AvgIpc) is 3.10. The van der Waals surface area contributed by atoms with Gasteiger partial charge < -0.3 is 15.7 Å². The number of hydrogen-bond acceptors (Lipinski definition) is 3. The van der Waals surface area contributed by atoms with Gasteiger partial charge >= 0.3 is 0 Å². The summed E-state index contributed by atoms with van der Waals surface area (Å²) in [5.74, 6) is -1.35. The third kappa shape index (κ3) is 4.74. The molecule has 0 bridgehead atoms. The van der Waals surface area contributed by atoms with Crippen LogP contribution in [0.1, 0.15) is 66.0 Å². The number of aryl methyl sites for hydroxylation is 2. The van der Waals surface area contributed by atoms with E-state index in [9.17, 15) is 13.6 Å². The molecule has 0 aliphatic heterocycles. The summed E-state index contributed by atoms with van der Waals surface area (Å²) in [5, 5.41) is 9.26. The highest BCUT2D eigenvalue weighted by Gasteiger charge is 2.27. The molecule has 1 heterocycles. The molecule has 0 atom stereocenters. The zero-order valence-corrected chi connectivity index (χ0v) is 21.0. The number of nitrogens with two attached hydrogens (primary N) is 1. The maximum Gasteiger partial charge on any atom is 0.176 e. The number of Topliss-reactive ketones (excluding diaryl/α,β-unsaturated/α-hetero) is 1. The number of allylic oxidation sites excluding steroid dienone is 5. The van der Waals surface area contributed by atoms with Crippen molar-refractivity contribution in [1.29, 1.82) is 5.41 Å². The van der Waals surface area contributed by atoms with Gasteiger partial charge in [0, 0.05) is 46.0 Å². The van der Waals surface area contributed by atoms with Crippen LogP contribution >= 0.6 is 0 Å². The fraction of sp³-hybridized carbons (Fsp3) is 0.241. The predicted octanol–water partition coefficient (Wildman–Crippen LogP) is 7.11. The molecule has 0 amide bonds.